The zero-order chi connectivity index (χ0) is 22.5. The van der Waals surface area contributed by atoms with Crippen LogP contribution in [0.3, 0.4) is 0 Å². The van der Waals surface area contributed by atoms with Crippen molar-refractivity contribution >= 4 is 15.9 Å². The Morgan fingerprint density at radius 1 is 0.844 bits per heavy atom. The summed E-state index contributed by atoms with van der Waals surface area (Å²) in [5, 5.41) is 0. The van der Waals surface area contributed by atoms with Gasteiger partial charge in [-0.2, -0.15) is 0 Å². The minimum Gasteiger partial charge on any atom is -0.483 e. The predicted octanol–water partition coefficient (Wildman–Crippen LogP) is 9.19. The summed E-state index contributed by atoms with van der Waals surface area (Å²) in [6, 6.07) is 10.5. The van der Waals surface area contributed by atoms with Crippen LogP contribution < -0.4 is 4.74 Å². The third kappa shape index (κ3) is 5.92. The van der Waals surface area contributed by atoms with Crippen molar-refractivity contribution in [3.05, 3.63) is 63.6 Å². The first-order valence-corrected chi connectivity index (χ1v) is 13.2. The fourth-order valence-corrected chi connectivity index (χ4v) is 6.23. The lowest BCUT2D eigenvalue weighted by Gasteiger charge is -2.38. The molecule has 0 heterocycles. The molecule has 4 rings (SSSR count). The fourth-order valence-electron chi connectivity index (χ4n) is 5.97. The van der Waals surface area contributed by atoms with Gasteiger partial charge in [-0.25, -0.2) is 8.78 Å². The van der Waals surface area contributed by atoms with Crippen LogP contribution in [0.15, 0.2) is 40.9 Å². The van der Waals surface area contributed by atoms with E-state index in [0.717, 1.165) is 46.2 Å². The minimum atomic E-state index is -0.589. The summed E-state index contributed by atoms with van der Waals surface area (Å²) in [5.74, 6) is 1.43. The summed E-state index contributed by atoms with van der Waals surface area (Å²) in [4.78, 5) is 0. The molecule has 32 heavy (non-hydrogen) atoms. The van der Waals surface area contributed by atoms with Gasteiger partial charge in [0.25, 0.3) is 0 Å². The number of benzene rings is 2. The monoisotopic (exact) mass is 504 g/mol. The topological polar surface area (TPSA) is 9.23 Å². The summed E-state index contributed by atoms with van der Waals surface area (Å²) in [6.45, 7) is 2.44. The van der Waals surface area contributed by atoms with Crippen LogP contribution in [0.5, 0.6) is 5.75 Å². The third-order valence-corrected chi connectivity index (χ3v) is 8.34. The molecule has 0 bridgehead atoms. The summed E-state index contributed by atoms with van der Waals surface area (Å²) >= 11 is 3.38. The minimum absolute atomic E-state index is 0.145. The summed E-state index contributed by atoms with van der Waals surface area (Å²) in [7, 11) is 0. The van der Waals surface area contributed by atoms with E-state index in [1.807, 2.05) is 24.3 Å². The van der Waals surface area contributed by atoms with E-state index in [1.54, 1.807) is 0 Å². The van der Waals surface area contributed by atoms with Crippen LogP contribution in [0, 0.1) is 29.4 Å². The predicted molar refractivity (Wildman–Crippen MR) is 130 cm³/mol. The first-order chi connectivity index (χ1) is 15.5. The lowest BCUT2D eigenvalue weighted by Crippen LogP contribution is -2.25. The molecule has 0 radical (unpaired) electrons. The van der Waals surface area contributed by atoms with Gasteiger partial charge in [-0.15, -0.1) is 0 Å². The second-order valence-electron chi connectivity index (χ2n) is 9.91. The van der Waals surface area contributed by atoms with Gasteiger partial charge in [0.2, 0.25) is 0 Å². The highest BCUT2D eigenvalue weighted by molar-refractivity contribution is 9.10. The molecule has 2 aliphatic carbocycles. The second kappa shape index (κ2) is 11.1. The summed E-state index contributed by atoms with van der Waals surface area (Å²) in [6.07, 6.45) is 12.7. The molecule has 2 aromatic rings. The Kier molecular flexibility index (Phi) is 8.26. The number of ether oxygens (including phenoxy) is 1. The van der Waals surface area contributed by atoms with Crippen molar-refractivity contribution in [2.24, 2.45) is 17.8 Å². The normalized spacial score (nSPS) is 26.1. The number of rotatable bonds is 7. The Balaban J connectivity index is 1.31. The van der Waals surface area contributed by atoms with Gasteiger partial charge in [0.1, 0.15) is 6.61 Å². The lowest BCUT2D eigenvalue weighted by atomic mass is 9.68. The highest BCUT2D eigenvalue weighted by Crippen LogP contribution is 2.45. The number of halogens is 3. The van der Waals surface area contributed by atoms with Crippen LogP contribution in [-0.2, 0) is 6.61 Å². The molecular weight excluding hydrogens is 470 g/mol. The molecule has 2 fully saturated rings. The largest absolute Gasteiger partial charge is 0.483 e. The molecular formula is C28H35BrF2O. The first kappa shape index (κ1) is 23.7. The molecule has 0 unspecified atom stereocenters. The van der Waals surface area contributed by atoms with E-state index in [2.05, 4.69) is 22.9 Å². The Morgan fingerprint density at radius 2 is 1.41 bits per heavy atom. The second-order valence-corrected chi connectivity index (χ2v) is 10.8. The Hall–Kier alpha value is -1.42. The molecule has 0 amide bonds. The van der Waals surface area contributed by atoms with Crippen LogP contribution in [0.4, 0.5) is 8.78 Å². The van der Waals surface area contributed by atoms with E-state index in [9.17, 15) is 8.78 Å². The SMILES string of the molecule is CCCC1CCC(C2CCC(c3cc(F)c(OCc4ccc(Br)cc4)c(F)c3)CC2)CC1. The Bertz CT molecular complexity index is 842. The third-order valence-electron chi connectivity index (χ3n) is 7.82. The van der Waals surface area contributed by atoms with Crippen LogP contribution in [0.2, 0.25) is 0 Å². The molecule has 4 heteroatoms. The zero-order valence-corrected chi connectivity index (χ0v) is 20.7. The van der Waals surface area contributed by atoms with Crippen LogP contribution in [-0.4, -0.2) is 0 Å². The van der Waals surface area contributed by atoms with Gasteiger partial charge in [-0.1, -0.05) is 60.7 Å². The van der Waals surface area contributed by atoms with Gasteiger partial charge in [0.05, 0.1) is 0 Å². The molecule has 2 saturated carbocycles. The average Bonchev–Trinajstić information content (AvgIpc) is 2.80. The molecule has 0 saturated heterocycles. The van der Waals surface area contributed by atoms with E-state index < -0.39 is 11.6 Å². The number of hydrogen-bond donors (Lipinski definition) is 0. The van der Waals surface area contributed by atoms with Crippen molar-refractivity contribution in [3.63, 3.8) is 0 Å². The number of hydrogen-bond acceptors (Lipinski definition) is 1. The maximum absolute atomic E-state index is 14.7. The van der Waals surface area contributed by atoms with E-state index in [-0.39, 0.29) is 18.3 Å². The molecule has 0 spiro atoms. The maximum atomic E-state index is 14.7. The van der Waals surface area contributed by atoms with Gasteiger partial charge >= 0.3 is 0 Å². The highest BCUT2D eigenvalue weighted by Gasteiger charge is 2.31. The highest BCUT2D eigenvalue weighted by atomic mass is 79.9. The van der Waals surface area contributed by atoms with Crippen molar-refractivity contribution < 1.29 is 13.5 Å². The summed E-state index contributed by atoms with van der Waals surface area (Å²) < 4.78 is 35.9. The molecule has 2 aromatic carbocycles. The van der Waals surface area contributed by atoms with E-state index in [4.69, 9.17) is 4.74 Å². The van der Waals surface area contributed by atoms with Crippen molar-refractivity contribution in [1.82, 2.24) is 0 Å². The molecule has 0 N–H and O–H groups in total. The van der Waals surface area contributed by atoms with Crippen molar-refractivity contribution in [2.75, 3.05) is 0 Å². The Labute approximate surface area is 200 Å². The molecule has 0 atom stereocenters. The smallest absolute Gasteiger partial charge is 0.191 e. The van der Waals surface area contributed by atoms with Gasteiger partial charge in [-0.05, 0) is 97.6 Å². The quantitative estimate of drug-likeness (QED) is 0.365. The fraction of sp³-hybridized carbons (Fsp3) is 0.571. The molecule has 1 nitrogen and oxygen atoms in total. The van der Waals surface area contributed by atoms with Gasteiger partial charge < -0.3 is 4.74 Å². The van der Waals surface area contributed by atoms with Crippen LogP contribution in [0.1, 0.15) is 88.2 Å². The molecule has 0 aliphatic heterocycles. The molecule has 0 aromatic heterocycles. The molecule has 2 aliphatic rings. The molecule has 174 valence electrons. The van der Waals surface area contributed by atoms with E-state index in [0.29, 0.717) is 0 Å². The van der Waals surface area contributed by atoms with Crippen molar-refractivity contribution in [2.45, 2.75) is 83.7 Å². The van der Waals surface area contributed by atoms with E-state index >= 15 is 0 Å². The maximum Gasteiger partial charge on any atom is 0.191 e. The van der Waals surface area contributed by atoms with Gasteiger partial charge in [-0.3, -0.25) is 0 Å². The zero-order valence-electron chi connectivity index (χ0n) is 19.1. The van der Waals surface area contributed by atoms with E-state index in [1.165, 1.54) is 63.5 Å². The van der Waals surface area contributed by atoms with Crippen molar-refractivity contribution in [1.29, 1.82) is 0 Å². The van der Waals surface area contributed by atoms with Crippen LogP contribution in [0.25, 0.3) is 0 Å². The Morgan fingerprint density at radius 3 is 1.97 bits per heavy atom. The standard InChI is InChI=1S/C28H35BrF2O/c1-2-3-19-4-8-21(9-5-19)22-10-12-23(13-11-22)24-16-26(30)28(27(31)17-24)32-18-20-6-14-25(29)15-7-20/h6-7,14-17,19,21-23H,2-5,8-13,18H2,1H3. The lowest BCUT2D eigenvalue weighted by molar-refractivity contribution is 0.156. The van der Waals surface area contributed by atoms with Gasteiger partial charge in [0.15, 0.2) is 17.4 Å². The van der Waals surface area contributed by atoms with Gasteiger partial charge in [0, 0.05) is 4.47 Å². The van der Waals surface area contributed by atoms with Crippen LogP contribution >= 0.6 is 15.9 Å². The summed E-state index contributed by atoms with van der Waals surface area (Å²) in [5.41, 5.74) is 1.67. The average molecular weight is 505 g/mol. The van der Waals surface area contributed by atoms with Crippen molar-refractivity contribution in [3.8, 4) is 5.75 Å². The first-order valence-electron chi connectivity index (χ1n) is 12.4.